The number of hydrogen-bond acceptors (Lipinski definition) is 2. The highest BCUT2D eigenvalue weighted by atomic mass is 35.5. The average Bonchev–Trinajstić information content (AvgIpc) is 2.32. The molecule has 2 nitrogen and oxygen atoms in total. The van der Waals surface area contributed by atoms with Crippen LogP contribution in [-0.2, 0) is 11.3 Å². The lowest BCUT2D eigenvalue weighted by Crippen LogP contribution is -2.19. The van der Waals surface area contributed by atoms with Crippen molar-refractivity contribution in [2.45, 2.75) is 20.0 Å². The second-order valence-corrected chi connectivity index (χ2v) is 4.42. The number of hydrogen-bond donors (Lipinski definition) is 1. The summed E-state index contributed by atoms with van der Waals surface area (Å²) in [7, 11) is 0. The zero-order valence-electron chi connectivity index (χ0n) is 10.3. The molecule has 0 aliphatic rings. The van der Waals surface area contributed by atoms with Gasteiger partial charge in [-0.15, -0.1) is 0 Å². The van der Waals surface area contributed by atoms with Crippen molar-refractivity contribution >= 4 is 11.6 Å². The van der Waals surface area contributed by atoms with Crippen molar-refractivity contribution in [3.8, 4) is 0 Å². The van der Waals surface area contributed by atoms with Gasteiger partial charge in [0.1, 0.15) is 0 Å². The zero-order chi connectivity index (χ0) is 12.5. The van der Waals surface area contributed by atoms with E-state index in [0.29, 0.717) is 13.2 Å². The highest BCUT2D eigenvalue weighted by molar-refractivity contribution is 6.31. The maximum atomic E-state index is 6.03. The molecule has 17 heavy (non-hydrogen) atoms. The summed E-state index contributed by atoms with van der Waals surface area (Å²) < 4.78 is 5.57. The summed E-state index contributed by atoms with van der Waals surface area (Å²) >= 11 is 6.03. The lowest BCUT2D eigenvalue weighted by atomic mass is 10.2. The van der Waals surface area contributed by atoms with E-state index in [4.69, 9.17) is 16.3 Å². The third-order valence-corrected chi connectivity index (χ3v) is 2.69. The Hall–Kier alpha value is -0.830. The summed E-state index contributed by atoms with van der Waals surface area (Å²) in [5, 5.41) is 4.04. The van der Waals surface area contributed by atoms with Gasteiger partial charge in [-0.1, -0.05) is 43.3 Å². The van der Waals surface area contributed by atoms with Crippen molar-refractivity contribution in [1.29, 1.82) is 0 Å². The predicted octanol–water partition coefficient (Wildman–Crippen LogP) is 3.41. The normalized spacial score (nSPS) is 10.5. The monoisotopic (exact) mass is 253 g/mol. The summed E-state index contributed by atoms with van der Waals surface area (Å²) in [4.78, 5) is 0. The molecule has 0 aromatic heterocycles. The van der Waals surface area contributed by atoms with Crippen LogP contribution in [0.15, 0.2) is 36.4 Å². The van der Waals surface area contributed by atoms with E-state index in [9.17, 15) is 0 Å². The maximum Gasteiger partial charge on any atom is 0.0735 e. The van der Waals surface area contributed by atoms with Crippen LogP contribution in [0, 0.1) is 0 Å². The lowest BCUT2D eigenvalue weighted by Gasteiger charge is -2.09. The Morgan fingerprint density at radius 3 is 2.88 bits per heavy atom. The van der Waals surface area contributed by atoms with Gasteiger partial charge in [0.2, 0.25) is 0 Å². The second kappa shape index (κ2) is 8.29. The summed E-state index contributed by atoms with van der Waals surface area (Å²) in [5.41, 5.74) is 2.08. The molecule has 0 aliphatic carbocycles. The summed E-state index contributed by atoms with van der Waals surface area (Å²) in [6.45, 7) is 9.04. The number of nitrogens with one attached hydrogen (secondary N) is 1. The Balaban J connectivity index is 2.19. The van der Waals surface area contributed by atoms with Crippen molar-refractivity contribution in [2.24, 2.45) is 0 Å². The SMILES string of the molecule is C=C(CNCCC)COCc1ccccc1Cl. The fraction of sp³-hybridized carbons (Fsp3) is 0.429. The van der Waals surface area contributed by atoms with E-state index in [1.165, 1.54) is 0 Å². The number of ether oxygens (including phenoxy) is 1. The first kappa shape index (κ1) is 14.2. The Morgan fingerprint density at radius 2 is 2.18 bits per heavy atom. The van der Waals surface area contributed by atoms with Crippen molar-refractivity contribution < 1.29 is 4.74 Å². The van der Waals surface area contributed by atoms with Crippen LogP contribution in [0.25, 0.3) is 0 Å². The summed E-state index contributed by atoms with van der Waals surface area (Å²) in [5.74, 6) is 0. The van der Waals surface area contributed by atoms with E-state index >= 15 is 0 Å². The quantitative estimate of drug-likeness (QED) is 0.566. The van der Waals surface area contributed by atoms with Crippen LogP contribution >= 0.6 is 11.6 Å². The Labute approximate surface area is 109 Å². The van der Waals surface area contributed by atoms with Crippen LogP contribution in [-0.4, -0.2) is 19.7 Å². The Kier molecular flexibility index (Phi) is 6.94. The third kappa shape index (κ3) is 5.87. The van der Waals surface area contributed by atoms with Crippen LogP contribution in [0.5, 0.6) is 0 Å². The van der Waals surface area contributed by atoms with Crippen molar-refractivity contribution in [3.05, 3.63) is 47.0 Å². The molecule has 0 saturated heterocycles. The van der Waals surface area contributed by atoms with Gasteiger partial charge in [-0.05, 0) is 30.2 Å². The van der Waals surface area contributed by atoms with Gasteiger partial charge >= 0.3 is 0 Å². The van der Waals surface area contributed by atoms with Gasteiger partial charge < -0.3 is 10.1 Å². The van der Waals surface area contributed by atoms with Crippen molar-refractivity contribution in [3.63, 3.8) is 0 Å². The van der Waals surface area contributed by atoms with Crippen LogP contribution in [0.4, 0.5) is 0 Å². The molecule has 0 unspecified atom stereocenters. The minimum absolute atomic E-state index is 0.534. The van der Waals surface area contributed by atoms with Gasteiger partial charge in [0.25, 0.3) is 0 Å². The first-order chi connectivity index (χ1) is 8.24. The van der Waals surface area contributed by atoms with Gasteiger partial charge in [0.15, 0.2) is 0 Å². The molecule has 1 aromatic carbocycles. The fourth-order valence-corrected chi connectivity index (χ4v) is 1.60. The lowest BCUT2D eigenvalue weighted by molar-refractivity contribution is 0.141. The van der Waals surface area contributed by atoms with E-state index in [1.807, 2.05) is 24.3 Å². The van der Waals surface area contributed by atoms with E-state index in [0.717, 1.165) is 35.7 Å². The van der Waals surface area contributed by atoms with E-state index in [-0.39, 0.29) is 0 Å². The number of rotatable bonds is 8. The van der Waals surface area contributed by atoms with E-state index in [2.05, 4.69) is 18.8 Å². The van der Waals surface area contributed by atoms with E-state index < -0.39 is 0 Å². The minimum atomic E-state index is 0.534. The molecule has 0 bridgehead atoms. The zero-order valence-corrected chi connectivity index (χ0v) is 11.1. The minimum Gasteiger partial charge on any atom is -0.372 e. The molecule has 94 valence electrons. The maximum absolute atomic E-state index is 6.03. The summed E-state index contributed by atoms with van der Waals surface area (Å²) in [6.07, 6.45) is 1.13. The molecule has 0 spiro atoms. The smallest absolute Gasteiger partial charge is 0.0735 e. The molecule has 0 radical (unpaired) electrons. The Morgan fingerprint density at radius 1 is 1.41 bits per heavy atom. The van der Waals surface area contributed by atoms with Crippen LogP contribution in [0.2, 0.25) is 5.02 Å². The standard InChI is InChI=1S/C14H20ClNO/c1-3-8-16-9-12(2)10-17-11-13-6-4-5-7-14(13)15/h4-7,16H,2-3,8-11H2,1H3. The Bertz CT molecular complexity index is 352. The third-order valence-electron chi connectivity index (χ3n) is 2.32. The predicted molar refractivity (Wildman–Crippen MR) is 73.4 cm³/mol. The van der Waals surface area contributed by atoms with Crippen molar-refractivity contribution in [1.82, 2.24) is 5.32 Å². The van der Waals surface area contributed by atoms with Gasteiger partial charge in [-0.3, -0.25) is 0 Å². The molecule has 0 atom stereocenters. The van der Waals surface area contributed by atoms with E-state index in [1.54, 1.807) is 0 Å². The second-order valence-electron chi connectivity index (χ2n) is 4.01. The molecule has 1 aromatic rings. The van der Waals surface area contributed by atoms with Crippen LogP contribution in [0.1, 0.15) is 18.9 Å². The number of benzene rings is 1. The average molecular weight is 254 g/mol. The number of halogens is 1. The first-order valence-corrected chi connectivity index (χ1v) is 6.30. The largest absolute Gasteiger partial charge is 0.372 e. The fourth-order valence-electron chi connectivity index (χ4n) is 1.41. The molecule has 3 heteroatoms. The molecule has 0 fully saturated rings. The highest BCUT2D eigenvalue weighted by Gasteiger charge is 1.99. The molecular formula is C14H20ClNO. The molecule has 0 saturated carbocycles. The first-order valence-electron chi connectivity index (χ1n) is 5.92. The molecule has 1 N–H and O–H groups in total. The van der Waals surface area contributed by atoms with Gasteiger partial charge in [-0.25, -0.2) is 0 Å². The molecule has 0 amide bonds. The molecule has 0 aliphatic heterocycles. The van der Waals surface area contributed by atoms with Gasteiger partial charge in [-0.2, -0.15) is 0 Å². The molecule has 1 rings (SSSR count). The van der Waals surface area contributed by atoms with Crippen LogP contribution < -0.4 is 5.32 Å². The molecule has 0 heterocycles. The summed E-state index contributed by atoms with van der Waals surface area (Å²) in [6, 6.07) is 7.72. The van der Waals surface area contributed by atoms with Gasteiger partial charge in [0.05, 0.1) is 13.2 Å². The van der Waals surface area contributed by atoms with Crippen LogP contribution in [0.3, 0.4) is 0 Å². The molecular weight excluding hydrogens is 234 g/mol. The topological polar surface area (TPSA) is 21.3 Å². The van der Waals surface area contributed by atoms with Crippen molar-refractivity contribution in [2.75, 3.05) is 19.7 Å². The highest BCUT2D eigenvalue weighted by Crippen LogP contribution is 2.15. The van der Waals surface area contributed by atoms with Gasteiger partial charge in [0, 0.05) is 11.6 Å².